The SMILES string of the molecule is CCOC(=O)Nc1ccc(N(CC)Cc2ccc(C(C)(C)C)cc2)cc1C(F)(F)F. The Morgan fingerprint density at radius 3 is 2.17 bits per heavy atom. The van der Waals surface area contributed by atoms with Gasteiger partial charge in [0.15, 0.2) is 0 Å². The quantitative estimate of drug-likeness (QED) is 0.570. The smallest absolute Gasteiger partial charge is 0.418 e. The lowest BCUT2D eigenvalue weighted by molar-refractivity contribution is -0.136. The highest BCUT2D eigenvalue weighted by atomic mass is 19.4. The molecule has 1 amide bonds. The number of ether oxygens (including phenoxy) is 1. The molecule has 164 valence electrons. The zero-order valence-corrected chi connectivity index (χ0v) is 18.1. The van der Waals surface area contributed by atoms with E-state index in [1.54, 1.807) is 13.0 Å². The van der Waals surface area contributed by atoms with Crippen LogP contribution in [0.3, 0.4) is 0 Å². The van der Waals surface area contributed by atoms with Crippen molar-refractivity contribution in [2.24, 2.45) is 0 Å². The van der Waals surface area contributed by atoms with Crippen LogP contribution in [0.2, 0.25) is 0 Å². The standard InChI is InChI=1S/C23H29F3N2O2/c1-6-28(15-16-8-10-17(11-9-16)22(3,4)5)18-12-13-20(27-21(29)30-7-2)19(14-18)23(24,25)26/h8-14H,6-7,15H2,1-5H3,(H,27,29). The van der Waals surface area contributed by atoms with Crippen LogP contribution in [0.1, 0.15) is 51.3 Å². The first-order valence-electron chi connectivity index (χ1n) is 9.95. The molecule has 0 aliphatic carbocycles. The summed E-state index contributed by atoms with van der Waals surface area (Å²) in [7, 11) is 0. The van der Waals surface area contributed by atoms with E-state index in [9.17, 15) is 18.0 Å². The number of carbonyl (C=O) groups is 1. The summed E-state index contributed by atoms with van der Waals surface area (Å²) in [6.07, 6.45) is -5.53. The van der Waals surface area contributed by atoms with Gasteiger partial charge in [-0.1, -0.05) is 45.0 Å². The third-order valence-electron chi connectivity index (χ3n) is 4.76. The first kappa shape index (κ1) is 23.6. The average molecular weight is 422 g/mol. The molecule has 0 bridgehead atoms. The van der Waals surface area contributed by atoms with Crippen molar-refractivity contribution >= 4 is 17.5 Å². The molecule has 0 fully saturated rings. The van der Waals surface area contributed by atoms with E-state index in [1.165, 1.54) is 11.6 Å². The Balaban J connectivity index is 2.30. The Kier molecular flexibility index (Phi) is 7.39. The fraction of sp³-hybridized carbons (Fsp3) is 0.435. The molecule has 2 aromatic carbocycles. The van der Waals surface area contributed by atoms with Gasteiger partial charge in [-0.25, -0.2) is 4.79 Å². The van der Waals surface area contributed by atoms with Gasteiger partial charge in [-0.2, -0.15) is 13.2 Å². The molecule has 1 N–H and O–H groups in total. The molecular weight excluding hydrogens is 393 g/mol. The lowest BCUT2D eigenvalue weighted by Crippen LogP contribution is -2.23. The van der Waals surface area contributed by atoms with Crippen molar-refractivity contribution in [1.82, 2.24) is 0 Å². The number of amides is 1. The molecule has 7 heteroatoms. The second-order valence-corrected chi connectivity index (χ2v) is 8.03. The summed E-state index contributed by atoms with van der Waals surface area (Å²) >= 11 is 0. The number of halogens is 3. The molecule has 0 saturated heterocycles. The number of anilines is 2. The molecule has 2 rings (SSSR count). The van der Waals surface area contributed by atoms with Gasteiger partial charge in [-0.05, 0) is 48.6 Å². The zero-order chi connectivity index (χ0) is 22.5. The van der Waals surface area contributed by atoms with Crippen LogP contribution in [0.5, 0.6) is 0 Å². The molecule has 30 heavy (non-hydrogen) atoms. The predicted octanol–water partition coefficient (Wildman–Crippen LogP) is 6.60. The Bertz CT molecular complexity index is 856. The van der Waals surface area contributed by atoms with Crippen molar-refractivity contribution < 1.29 is 22.7 Å². The van der Waals surface area contributed by atoms with E-state index in [1.807, 2.05) is 24.0 Å². The second-order valence-electron chi connectivity index (χ2n) is 8.03. The van der Waals surface area contributed by atoms with E-state index in [0.717, 1.165) is 11.6 Å². The van der Waals surface area contributed by atoms with Crippen LogP contribution in [0.25, 0.3) is 0 Å². The number of nitrogens with zero attached hydrogens (tertiary/aromatic N) is 1. The number of hydrogen-bond donors (Lipinski definition) is 1. The van der Waals surface area contributed by atoms with Gasteiger partial charge in [-0.3, -0.25) is 5.32 Å². The minimum absolute atomic E-state index is 0.0341. The molecule has 0 atom stereocenters. The van der Waals surface area contributed by atoms with Gasteiger partial charge in [-0.15, -0.1) is 0 Å². The first-order valence-corrected chi connectivity index (χ1v) is 9.95. The summed E-state index contributed by atoms with van der Waals surface area (Å²) < 4.78 is 45.5. The summed E-state index contributed by atoms with van der Waals surface area (Å²) in [6.45, 7) is 10.9. The normalized spacial score (nSPS) is 11.9. The second kappa shape index (κ2) is 9.41. The van der Waals surface area contributed by atoms with Gasteiger partial charge in [0, 0.05) is 18.8 Å². The average Bonchev–Trinajstić information content (AvgIpc) is 2.65. The Morgan fingerprint density at radius 2 is 1.67 bits per heavy atom. The number of benzene rings is 2. The minimum Gasteiger partial charge on any atom is -0.450 e. The van der Waals surface area contributed by atoms with Crippen molar-refractivity contribution in [3.05, 3.63) is 59.2 Å². The van der Waals surface area contributed by atoms with E-state index in [0.29, 0.717) is 18.8 Å². The maximum atomic E-state index is 13.6. The van der Waals surface area contributed by atoms with Crippen LogP contribution in [-0.2, 0) is 22.9 Å². The molecule has 4 nitrogen and oxygen atoms in total. The van der Waals surface area contributed by atoms with Gasteiger partial charge in [0.25, 0.3) is 0 Å². The van der Waals surface area contributed by atoms with E-state index in [2.05, 4.69) is 38.2 Å². The van der Waals surface area contributed by atoms with Crippen molar-refractivity contribution in [3.8, 4) is 0 Å². The number of nitrogens with one attached hydrogen (secondary N) is 1. The Hall–Kier alpha value is -2.70. The van der Waals surface area contributed by atoms with Gasteiger partial charge >= 0.3 is 12.3 Å². The predicted molar refractivity (Wildman–Crippen MR) is 114 cm³/mol. The maximum Gasteiger partial charge on any atom is 0.418 e. The molecular formula is C23H29F3N2O2. The van der Waals surface area contributed by atoms with Crippen molar-refractivity contribution in [3.63, 3.8) is 0 Å². The van der Waals surface area contributed by atoms with Crippen molar-refractivity contribution in [1.29, 1.82) is 0 Å². The third-order valence-corrected chi connectivity index (χ3v) is 4.76. The van der Waals surface area contributed by atoms with E-state index >= 15 is 0 Å². The van der Waals surface area contributed by atoms with Gasteiger partial charge in [0.05, 0.1) is 17.9 Å². The van der Waals surface area contributed by atoms with Crippen LogP contribution in [0, 0.1) is 0 Å². The summed E-state index contributed by atoms with van der Waals surface area (Å²) in [6, 6.07) is 12.0. The van der Waals surface area contributed by atoms with Crippen molar-refractivity contribution in [2.75, 3.05) is 23.4 Å². The number of rotatable bonds is 6. The van der Waals surface area contributed by atoms with E-state index in [4.69, 9.17) is 4.74 Å². The highest BCUT2D eigenvalue weighted by Gasteiger charge is 2.34. The molecule has 0 heterocycles. The zero-order valence-electron chi connectivity index (χ0n) is 18.1. The molecule has 2 aromatic rings. The molecule has 0 saturated carbocycles. The Labute approximate surface area is 176 Å². The first-order chi connectivity index (χ1) is 14.0. The molecule has 0 radical (unpaired) electrons. The highest BCUT2D eigenvalue weighted by molar-refractivity contribution is 5.86. The Morgan fingerprint density at radius 1 is 1.03 bits per heavy atom. The fourth-order valence-corrected chi connectivity index (χ4v) is 3.07. The number of hydrogen-bond acceptors (Lipinski definition) is 3. The molecule has 0 aliphatic rings. The summed E-state index contributed by atoms with van der Waals surface area (Å²) in [5, 5.41) is 2.17. The van der Waals surface area contributed by atoms with Gasteiger partial charge in [0.2, 0.25) is 0 Å². The van der Waals surface area contributed by atoms with E-state index < -0.39 is 17.8 Å². The molecule has 0 aromatic heterocycles. The molecule has 0 unspecified atom stereocenters. The number of carbonyl (C=O) groups excluding carboxylic acids is 1. The maximum absolute atomic E-state index is 13.6. The topological polar surface area (TPSA) is 41.6 Å². The monoisotopic (exact) mass is 422 g/mol. The third kappa shape index (κ3) is 6.15. The summed E-state index contributed by atoms with van der Waals surface area (Å²) in [4.78, 5) is 13.5. The van der Waals surface area contributed by atoms with Crippen molar-refractivity contribution in [2.45, 2.75) is 52.8 Å². The van der Waals surface area contributed by atoms with Gasteiger partial charge < -0.3 is 9.64 Å². The lowest BCUT2D eigenvalue weighted by Gasteiger charge is -2.26. The minimum atomic E-state index is -4.61. The summed E-state index contributed by atoms with van der Waals surface area (Å²) in [5.41, 5.74) is 1.44. The van der Waals surface area contributed by atoms with E-state index in [-0.39, 0.29) is 17.7 Å². The lowest BCUT2D eigenvalue weighted by atomic mass is 9.87. The van der Waals surface area contributed by atoms with Crippen LogP contribution in [-0.4, -0.2) is 19.2 Å². The molecule has 0 spiro atoms. The van der Waals surface area contributed by atoms with Crippen LogP contribution < -0.4 is 10.2 Å². The highest BCUT2D eigenvalue weighted by Crippen LogP contribution is 2.37. The van der Waals surface area contributed by atoms with Crippen LogP contribution >= 0.6 is 0 Å². The summed E-state index contributed by atoms with van der Waals surface area (Å²) in [5.74, 6) is 0. The fourth-order valence-electron chi connectivity index (χ4n) is 3.07. The number of alkyl halides is 3. The van der Waals surface area contributed by atoms with Gasteiger partial charge in [0.1, 0.15) is 0 Å². The van der Waals surface area contributed by atoms with Crippen LogP contribution in [0.4, 0.5) is 29.3 Å². The largest absolute Gasteiger partial charge is 0.450 e. The molecule has 0 aliphatic heterocycles. The van der Waals surface area contributed by atoms with Crippen LogP contribution in [0.15, 0.2) is 42.5 Å².